The Hall–Kier alpha value is -2.09. The first kappa shape index (κ1) is 12.4. The molecule has 0 fully saturated rings. The van der Waals surface area contributed by atoms with E-state index in [4.69, 9.17) is 4.74 Å². The van der Waals surface area contributed by atoms with Crippen molar-refractivity contribution < 1.29 is 9.53 Å². The van der Waals surface area contributed by atoms with Gasteiger partial charge in [-0.3, -0.25) is 4.79 Å². The molecule has 0 saturated heterocycles. The summed E-state index contributed by atoms with van der Waals surface area (Å²) in [7, 11) is 0. The molecule has 0 radical (unpaired) electrons. The quantitative estimate of drug-likeness (QED) is 0.756. The predicted molar refractivity (Wildman–Crippen MR) is 73.0 cm³/mol. The summed E-state index contributed by atoms with van der Waals surface area (Å²) in [5.41, 5.74) is 2.78. The Morgan fingerprint density at radius 3 is 2.28 bits per heavy atom. The number of rotatable bonds is 4. The van der Waals surface area contributed by atoms with Crippen LogP contribution in [0.3, 0.4) is 0 Å². The Labute approximate surface area is 107 Å². The van der Waals surface area contributed by atoms with Crippen LogP contribution in [0.25, 0.3) is 11.1 Å². The highest BCUT2D eigenvalue weighted by molar-refractivity contribution is 5.78. The third-order valence-corrected chi connectivity index (χ3v) is 2.61. The highest BCUT2D eigenvalue weighted by Gasteiger charge is 2.06. The average molecular weight is 240 g/mol. The minimum atomic E-state index is 0.139. The van der Waals surface area contributed by atoms with E-state index in [0.717, 1.165) is 23.2 Å². The summed E-state index contributed by atoms with van der Waals surface area (Å²) in [6.45, 7) is 4.01. The lowest BCUT2D eigenvalue weighted by Gasteiger charge is -2.14. The van der Waals surface area contributed by atoms with E-state index in [1.807, 2.05) is 62.4 Å². The van der Waals surface area contributed by atoms with E-state index in [-0.39, 0.29) is 6.10 Å². The van der Waals surface area contributed by atoms with Gasteiger partial charge < -0.3 is 4.74 Å². The van der Waals surface area contributed by atoms with Crippen LogP contribution in [0, 0.1) is 0 Å². The fourth-order valence-electron chi connectivity index (χ4n) is 1.80. The molecular weight excluding hydrogens is 224 g/mol. The Morgan fingerprint density at radius 2 is 1.67 bits per heavy atom. The molecule has 0 saturated carbocycles. The normalized spacial score (nSPS) is 10.4. The van der Waals surface area contributed by atoms with Crippen LogP contribution < -0.4 is 4.74 Å². The first-order valence-corrected chi connectivity index (χ1v) is 6.02. The van der Waals surface area contributed by atoms with E-state index in [0.29, 0.717) is 5.56 Å². The SMILES string of the molecule is CC(C)Oc1ccccc1-c1ccc(C=O)cc1. The van der Waals surface area contributed by atoms with Gasteiger partial charge in [0.05, 0.1) is 6.10 Å². The molecule has 0 aliphatic carbocycles. The van der Waals surface area contributed by atoms with Crippen molar-refractivity contribution in [3.63, 3.8) is 0 Å². The summed E-state index contributed by atoms with van der Waals surface area (Å²) < 4.78 is 5.79. The van der Waals surface area contributed by atoms with Crippen molar-refractivity contribution in [1.82, 2.24) is 0 Å². The Balaban J connectivity index is 2.39. The van der Waals surface area contributed by atoms with Crippen molar-refractivity contribution in [3.05, 3.63) is 54.1 Å². The predicted octanol–water partition coefficient (Wildman–Crippen LogP) is 3.95. The molecule has 0 N–H and O–H groups in total. The Bertz CT molecular complexity index is 527. The minimum absolute atomic E-state index is 0.139. The van der Waals surface area contributed by atoms with Crippen LogP contribution in [-0.2, 0) is 0 Å². The molecule has 0 aromatic heterocycles. The summed E-state index contributed by atoms with van der Waals surface area (Å²) in [6, 6.07) is 15.4. The molecule has 0 aliphatic heterocycles. The Kier molecular flexibility index (Phi) is 3.78. The van der Waals surface area contributed by atoms with Crippen molar-refractivity contribution in [2.75, 3.05) is 0 Å². The molecule has 2 nitrogen and oxygen atoms in total. The molecule has 2 rings (SSSR count). The summed E-state index contributed by atoms with van der Waals surface area (Å²) in [4.78, 5) is 10.6. The second-order valence-electron chi connectivity index (χ2n) is 4.40. The Morgan fingerprint density at radius 1 is 1.00 bits per heavy atom. The number of benzene rings is 2. The number of hydrogen-bond acceptors (Lipinski definition) is 2. The van der Waals surface area contributed by atoms with Gasteiger partial charge in [-0.1, -0.05) is 42.5 Å². The zero-order valence-electron chi connectivity index (χ0n) is 10.6. The highest BCUT2D eigenvalue weighted by Crippen LogP contribution is 2.30. The molecule has 2 aromatic rings. The maximum atomic E-state index is 10.6. The van der Waals surface area contributed by atoms with Crippen LogP contribution >= 0.6 is 0 Å². The number of carbonyl (C=O) groups excluding carboxylic acids is 1. The number of aldehydes is 1. The second-order valence-corrected chi connectivity index (χ2v) is 4.40. The summed E-state index contributed by atoms with van der Waals surface area (Å²) in [5, 5.41) is 0. The zero-order chi connectivity index (χ0) is 13.0. The lowest BCUT2D eigenvalue weighted by molar-refractivity contribution is 0.112. The molecule has 0 spiro atoms. The molecular formula is C16H16O2. The van der Waals surface area contributed by atoms with Crippen molar-refractivity contribution >= 4 is 6.29 Å². The smallest absolute Gasteiger partial charge is 0.150 e. The maximum Gasteiger partial charge on any atom is 0.150 e. The third-order valence-electron chi connectivity index (χ3n) is 2.61. The van der Waals surface area contributed by atoms with Gasteiger partial charge in [-0.05, 0) is 25.5 Å². The van der Waals surface area contributed by atoms with Crippen LogP contribution in [0.1, 0.15) is 24.2 Å². The molecule has 0 atom stereocenters. The molecule has 92 valence electrons. The number of ether oxygens (including phenoxy) is 1. The first-order chi connectivity index (χ1) is 8.70. The maximum absolute atomic E-state index is 10.6. The van der Waals surface area contributed by atoms with E-state index in [9.17, 15) is 4.79 Å². The molecule has 18 heavy (non-hydrogen) atoms. The monoisotopic (exact) mass is 240 g/mol. The van der Waals surface area contributed by atoms with Gasteiger partial charge in [0.2, 0.25) is 0 Å². The number of hydrogen-bond donors (Lipinski definition) is 0. The third kappa shape index (κ3) is 2.77. The average Bonchev–Trinajstić information content (AvgIpc) is 2.39. The van der Waals surface area contributed by atoms with Crippen LogP contribution in [0.4, 0.5) is 0 Å². The molecule has 0 aliphatic rings. The van der Waals surface area contributed by atoms with Gasteiger partial charge in [0.1, 0.15) is 12.0 Å². The molecule has 2 heteroatoms. The van der Waals surface area contributed by atoms with Gasteiger partial charge in [0.25, 0.3) is 0 Å². The summed E-state index contributed by atoms with van der Waals surface area (Å²) in [6.07, 6.45) is 0.987. The second kappa shape index (κ2) is 5.50. The highest BCUT2D eigenvalue weighted by atomic mass is 16.5. The fourth-order valence-corrected chi connectivity index (χ4v) is 1.80. The lowest BCUT2D eigenvalue weighted by Crippen LogP contribution is -2.06. The number of carbonyl (C=O) groups is 1. The van der Waals surface area contributed by atoms with Gasteiger partial charge in [-0.15, -0.1) is 0 Å². The van der Waals surface area contributed by atoms with E-state index in [1.165, 1.54) is 0 Å². The largest absolute Gasteiger partial charge is 0.490 e. The van der Waals surface area contributed by atoms with Crippen molar-refractivity contribution in [2.24, 2.45) is 0 Å². The van der Waals surface area contributed by atoms with E-state index in [2.05, 4.69) is 0 Å². The van der Waals surface area contributed by atoms with Crippen molar-refractivity contribution in [1.29, 1.82) is 0 Å². The van der Waals surface area contributed by atoms with Gasteiger partial charge in [-0.2, -0.15) is 0 Å². The van der Waals surface area contributed by atoms with Gasteiger partial charge in [-0.25, -0.2) is 0 Å². The molecule has 0 amide bonds. The zero-order valence-corrected chi connectivity index (χ0v) is 10.6. The van der Waals surface area contributed by atoms with Crippen LogP contribution in [0.15, 0.2) is 48.5 Å². The fraction of sp³-hybridized carbons (Fsp3) is 0.188. The van der Waals surface area contributed by atoms with Gasteiger partial charge in [0, 0.05) is 11.1 Å². The molecule has 0 heterocycles. The summed E-state index contributed by atoms with van der Waals surface area (Å²) >= 11 is 0. The van der Waals surface area contributed by atoms with Crippen molar-refractivity contribution in [2.45, 2.75) is 20.0 Å². The van der Waals surface area contributed by atoms with Gasteiger partial charge >= 0.3 is 0 Å². The number of para-hydroxylation sites is 1. The van der Waals surface area contributed by atoms with Gasteiger partial charge in [0.15, 0.2) is 0 Å². The summed E-state index contributed by atoms with van der Waals surface area (Å²) in [5.74, 6) is 0.867. The lowest BCUT2D eigenvalue weighted by atomic mass is 10.0. The van der Waals surface area contributed by atoms with Crippen LogP contribution in [-0.4, -0.2) is 12.4 Å². The molecule has 2 aromatic carbocycles. The van der Waals surface area contributed by atoms with E-state index in [1.54, 1.807) is 0 Å². The molecule has 0 bridgehead atoms. The van der Waals surface area contributed by atoms with Crippen LogP contribution in [0.5, 0.6) is 5.75 Å². The topological polar surface area (TPSA) is 26.3 Å². The first-order valence-electron chi connectivity index (χ1n) is 6.02. The van der Waals surface area contributed by atoms with E-state index >= 15 is 0 Å². The molecule has 0 unspecified atom stereocenters. The van der Waals surface area contributed by atoms with Crippen molar-refractivity contribution in [3.8, 4) is 16.9 Å². The minimum Gasteiger partial charge on any atom is -0.490 e. The van der Waals surface area contributed by atoms with E-state index < -0.39 is 0 Å². The van der Waals surface area contributed by atoms with Crippen LogP contribution in [0.2, 0.25) is 0 Å². The standard InChI is InChI=1S/C16H16O2/c1-12(2)18-16-6-4-3-5-15(16)14-9-7-13(11-17)8-10-14/h3-12H,1-2H3.